The molecule has 0 aliphatic rings. The molecule has 5 heteroatoms. The number of rotatable bonds is 1. The first kappa shape index (κ1) is 12.8. The molecule has 0 atom stereocenters. The maximum absolute atomic E-state index is 6.12. The number of halogens is 4. The summed E-state index contributed by atoms with van der Waals surface area (Å²) < 4.78 is 0. The Morgan fingerprint density at radius 2 is 1.24 bits per heavy atom. The van der Waals surface area contributed by atoms with E-state index in [1.54, 1.807) is 30.3 Å². The van der Waals surface area contributed by atoms with E-state index in [4.69, 9.17) is 52.1 Å². The van der Waals surface area contributed by atoms with Crippen LogP contribution in [-0.4, -0.2) is 0 Å². The van der Waals surface area contributed by atoms with E-state index in [-0.39, 0.29) is 0 Å². The van der Waals surface area contributed by atoms with Crippen LogP contribution in [-0.2, 0) is 0 Å². The lowest BCUT2D eigenvalue weighted by Crippen LogP contribution is -1.88. The highest BCUT2D eigenvalue weighted by Crippen LogP contribution is 2.38. The highest BCUT2D eigenvalue weighted by atomic mass is 35.5. The normalized spacial score (nSPS) is 10.6. The second-order valence-electron chi connectivity index (χ2n) is 3.52. The van der Waals surface area contributed by atoms with E-state index in [9.17, 15) is 0 Å². The number of nitrogens with two attached hydrogens (primary N) is 1. The summed E-state index contributed by atoms with van der Waals surface area (Å²) in [5.74, 6) is 0. The first-order valence-corrected chi connectivity index (χ1v) is 6.19. The summed E-state index contributed by atoms with van der Waals surface area (Å²) in [5, 5.41) is 1.94. The topological polar surface area (TPSA) is 26.0 Å². The zero-order chi connectivity index (χ0) is 12.6. The molecular weight excluding hydrogens is 300 g/mol. The van der Waals surface area contributed by atoms with E-state index in [0.29, 0.717) is 31.3 Å². The SMILES string of the molecule is Nc1cc(Cl)cc(-c2c(Cl)cc(Cl)cc2Cl)c1. The lowest BCUT2D eigenvalue weighted by molar-refractivity contribution is 1.61. The zero-order valence-electron chi connectivity index (χ0n) is 8.48. The Morgan fingerprint density at radius 1 is 0.706 bits per heavy atom. The van der Waals surface area contributed by atoms with Crippen LogP contribution in [0.5, 0.6) is 0 Å². The summed E-state index contributed by atoms with van der Waals surface area (Å²) in [5.41, 5.74) is 7.72. The molecule has 0 aliphatic carbocycles. The molecular formula is C12H7Cl4N. The monoisotopic (exact) mass is 305 g/mol. The molecule has 0 aromatic heterocycles. The van der Waals surface area contributed by atoms with Crippen LogP contribution in [0.3, 0.4) is 0 Å². The van der Waals surface area contributed by atoms with Crippen LogP contribution in [0.4, 0.5) is 5.69 Å². The lowest BCUT2D eigenvalue weighted by atomic mass is 10.0. The number of benzene rings is 2. The number of hydrogen-bond acceptors (Lipinski definition) is 1. The van der Waals surface area contributed by atoms with Gasteiger partial charge in [-0.15, -0.1) is 0 Å². The molecule has 2 aromatic carbocycles. The molecule has 2 aromatic rings. The van der Waals surface area contributed by atoms with E-state index in [1.165, 1.54) is 0 Å². The van der Waals surface area contributed by atoms with Gasteiger partial charge in [0.05, 0.1) is 10.0 Å². The average molecular weight is 307 g/mol. The lowest BCUT2D eigenvalue weighted by Gasteiger charge is -2.09. The van der Waals surface area contributed by atoms with E-state index in [2.05, 4.69) is 0 Å². The number of anilines is 1. The third-order valence-corrected chi connectivity index (χ3v) is 3.25. The summed E-state index contributed by atoms with van der Waals surface area (Å²) >= 11 is 24.0. The predicted octanol–water partition coefficient (Wildman–Crippen LogP) is 5.55. The van der Waals surface area contributed by atoms with Gasteiger partial charge in [0.15, 0.2) is 0 Å². The van der Waals surface area contributed by atoms with E-state index in [1.807, 2.05) is 0 Å². The van der Waals surface area contributed by atoms with Crippen molar-refractivity contribution in [3.05, 3.63) is 50.4 Å². The Labute approximate surface area is 119 Å². The van der Waals surface area contributed by atoms with Crippen molar-refractivity contribution in [1.29, 1.82) is 0 Å². The highest BCUT2D eigenvalue weighted by molar-refractivity contribution is 6.42. The van der Waals surface area contributed by atoms with Crippen molar-refractivity contribution in [2.24, 2.45) is 0 Å². The fourth-order valence-corrected chi connectivity index (χ4v) is 2.85. The number of nitrogen functional groups attached to an aromatic ring is 1. The van der Waals surface area contributed by atoms with E-state index < -0.39 is 0 Å². The van der Waals surface area contributed by atoms with Crippen molar-refractivity contribution in [2.75, 3.05) is 5.73 Å². The minimum Gasteiger partial charge on any atom is -0.399 e. The van der Waals surface area contributed by atoms with Gasteiger partial charge in [-0.1, -0.05) is 46.4 Å². The highest BCUT2D eigenvalue weighted by Gasteiger charge is 2.11. The van der Waals surface area contributed by atoms with E-state index in [0.717, 1.165) is 5.56 Å². The molecule has 0 heterocycles. The molecule has 0 saturated carbocycles. The first-order chi connectivity index (χ1) is 7.97. The minimum atomic E-state index is 0.462. The van der Waals surface area contributed by atoms with Gasteiger partial charge < -0.3 is 5.73 Å². The van der Waals surface area contributed by atoms with Gasteiger partial charge in [-0.3, -0.25) is 0 Å². The first-order valence-electron chi connectivity index (χ1n) is 4.68. The van der Waals surface area contributed by atoms with Gasteiger partial charge in [0.2, 0.25) is 0 Å². The van der Waals surface area contributed by atoms with Crippen molar-refractivity contribution in [1.82, 2.24) is 0 Å². The van der Waals surface area contributed by atoms with Crippen molar-refractivity contribution in [3.8, 4) is 11.1 Å². The summed E-state index contributed by atoms with van der Waals surface area (Å²) in [6, 6.07) is 8.41. The van der Waals surface area contributed by atoms with Crippen LogP contribution in [0.2, 0.25) is 20.1 Å². The van der Waals surface area contributed by atoms with Crippen molar-refractivity contribution >= 4 is 52.1 Å². The zero-order valence-corrected chi connectivity index (χ0v) is 11.5. The molecule has 0 bridgehead atoms. The molecule has 2 N–H and O–H groups in total. The fourth-order valence-electron chi connectivity index (χ4n) is 1.57. The van der Waals surface area contributed by atoms with Crippen LogP contribution in [0.1, 0.15) is 0 Å². The van der Waals surface area contributed by atoms with Gasteiger partial charge in [0, 0.05) is 21.3 Å². The predicted molar refractivity (Wildman–Crippen MR) is 76.3 cm³/mol. The quantitative estimate of drug-likeness (QED) is 0.687. The van der Waals surface area contributed by atoms with Gasteiger partial charge in [-0.2, -0.15) is 0 Å². The second kappa shape index (κ2) is 4.95. The summed E-state index contributed by atoms with van der Waals surface area (Å²) in [7, 11) is 0. The molecule has 0 amide bonds. The van der Waals surface area contributed by atoms with Crippen LogP contribution in [0, 0.1) is 0 Å². The summed E-state index contributed by atoms with van der Waals surface area (Å²) in [6.45, 7) is 0. The van der Waals surface area contributed by atoms with Crippen molar-refractivity contribution < 1.29 is 0 Å². The molecule has 0 fully saturated rings. The van der Waals surface area contributed by atoms with E-state index >= 15 is 0 Å². The molecule has 0 saturated heterocycles. The fraction of sp³-hybridized carbons (Fsp3) is 0. The van der Waals surface area contributed by atoms with Gasteiger partial charge in [-0.05, 0) is 35.9 Å². The van der Waals surface area contributed by atoms with Gasteiger partial charge in [0.1, 0.15) is 0 Å². The largest absolute Gasteiger partial charge is 0.399 e. The average Bonchev–Trinajstić information content (AvgIpc) is 2.13. The van der Waals surface area contributed by atoms with Crippen LogP contribution in [0.25, 0.3) is 11.1 Å². The van der Waals surface area contributed by atoms with Gasteiger partial charge in [-0.25, -0.2) is 0 Å². The van der Waals surface area contributed by atoms with Crippen molar-refractivity contribution in [3.63, 3.8) is 0 Å². The van der Waals surface area contributed by atoms with Crippen LogP contribution < -0.4 is 5.73 Å². The summed E-state index contributed by atoms with van der Waals surface area (Å²) in [6.07, 6.45) is 0. The maximum atomic E-state index is 6.12. The standard InChI is InChI=1S/C12H7Cl4N/c13-7-1-6(2-9(17)3-7)12-10(15)4-8(14)5-11(12)16/h1-5H,17H2. The Hall–Kier alpha value is -0.600. The van der Waals surface area contributed by atoms with Crippen molar-refractivity contribution in [2.45, 2.75) is 0 Å². The second-order valence-corrected chi connectivity index (χ2v) is 5.20. The Bertz CT molecular complexity index is 537. The minimum absolute atomic E-state index is 0.462. The Balaban J connectivity index is 2.68. The third-order valence-electron chi connectivity index (χ3n) is 2.22. The van der Waals surface area contributed by atoms with Gasteiger partial charge in [0.25, 0.3) is 0 Å². The summed E-state index contributed by atoms with van der Waals surface area (Å²) in [4.78, 5) is 0. The molecule has 1 nitrogen and oxygen atoms in total. The molecule has 0 radical (unpaired) electrons. The molecule has 2 rings (SSSR count). The molecule has 17 heavy (non-hydrogen) atoms. The molecule has 0 unspecified atom stereocenters. The molecule has 0 spiro atoms. The Kier molecular flexibility index (Phi) is 3.74. The molecule has 88 valence electrons. The Morgan fingerprint density at radius 3 is 1.76 bits per heavy atom. The number of hydrogen-bond donors (Lipinski definition) is 1. The van der Waals surface area contributed by atoms with Crippen LogP contribution >= 0.6 is 46.4 Å². The van der Waals surface area contributed by atoms with Gasteiger partial charge >= 0.3 is 0 Å². The maximum Gasteiger partial charge on any atom is 0.0514 e. The smallest absolute Gasteiger partial charge is 0.0514 e. The third kappa shape index (κ3) is 2.80. The van der Waals surface area contributed by atoms with Crippen LogP contribution in [0.15, 0.2) is 30.3 Å². The molecule has 0 aliphatic heterocycles.